The van der Waals surface area contributed by atoms with Crippen LogP contribution in [0, 0.1) is 5.92 Å². The molecule has 19 heavy (non-hydrogen) atoms. The van der Waals surface area contributed by atoms with Gasteiger partial charge in [-0.3, -0.25) is 4.79 Å². The highest BCUT2D eigenvalue weighted by Crippen LogP contribution is 2.20. The fraction of sp³-hybridized carbons (Fsp3) is 0.857. The maximum absolute atomic E-state index is 12.0. The Balaban J connectivity index is 2.50. The zero-order valence-corrected chi connectivity index (χ0v) is 12.9. The lowest BCUT2D eigenvalue weighted by Crippen LogP contribution is -2.45. The standard InChI is InChI=1S/C14H26N2O3/c1-13(2,3)15-11(17)10-7-8-16(9-10)12(18)19-14(4,5)6/h10H,7-9H2,1-6H3,(H,15,17)/t10-/m0/s1. The second-order valence-corrected chi connectivity index (χ2v) is 7.15. The average molecular weight is 270 g/mol. The van der Waals surface area contributed by atoms with E-state index in [4.69, 9.17) is 4.74 Å². The zero-order valence-electron chi connectivity index (χ0n) is 12.9. The summed E-state index contributed by atoms with van der Waals surface area (Å²) >= 11 is 0. The quantitative estimate of drug-likeness (QED) is 0.794. The number of amides is 2. The minimum absolute atomic E-state index is 0.0126. The first-order valence-corrected chi connectivity index (χ1v) is 6.78. The highest BCUT2D eigenvalue weighted by Gasteiger charge is 2.34. The van der Waals surface area contributed by atoms with Gasteiger partial charge < -0.3 is 15.0 Å². The van der Waals surface area contributed by atoms with Crippen molar-refractivity contribution in [3.05, 3.63) is 0 Å². The van der Waals surface area contributed by atoms with Crippen LogP contribution in [0.1, 0.15) is 48.0 Å². The Hall–Kier alpha value is -1.26. The van der Waals surface area contributed by atoms with Crippen LogP contribution in [0.5, 0.6) is 0 Å². The summed E-state index contributed by atoms with van der Waals surface area (Å²) in [5, 5.41) is 2.95. The van der Waals surface area contributed by atoms with Crippen molar-refractivity contribution in [1.29, 1.82) is 0 Å². The minimum atomic E-state index is -0.497. The van der Waals surface area contributed by atoms with E-state index >= 15 is 0 Å². The van der Waals surface area contributed by atoms with Gasteiger partial charge in [-0.1, -0.05) is 0 Å². The molecule has 2 amide bonds. The van der Waals surface area contributed by atoms with Crippen LogP contribution in [0.4, 0.5) is 4.79 Å². The Labute approximate surface area is 115 Å². The number of carbonyl (C=O) groups excluding carboxylic acids is 2. The van der Waals surface area contributed by atoms with Gasteiger partial charge in [0.1, 0.15) is 5.60 Å². The Kier molecular flexibility index (Phi) is 4.48. The van der Waals surface area contributed by atoms with Gasteiger partial charge in [0.2, 0.25) is 5.91 Å². The summed E-state index contributed by atoms with van der Waals surface area (Å²) in [4.78, 5) is 25.5. The van der Waals surface area contributed by atoms with Gasteiger partial charge in [0.25, 0.3) is 0 Å². The van der Waals surface area contributed by atoms with Gasteiger partial charge in [-0.05, 0) is 48.0 Å². The Morgan fingerprint density at radius 1 is 1.16 bits per heavy atom. The lowest BCUT2D eigenvalue weighted by molar-refractivity contribution is -0.126. The van der Waals surface area contributed by atoms with Gasteiger partial charge in [0.05, 0.1) is 5.92 Å². The molecule has 1 aliphatic heterocycles. The fourth-order valence-corrected chi connectivity index (χ4v) is 1.94. The fourth-order valence-electron chi connectivity index (χ4n) is 1.94. The number of ether oxygens (including phenoxy) is 1. The molecule has 5 heteroatoms. The van der Waals surface area contributed by atoms with Crippen LogP contribution < -0.4 is 5.32 Å². The van der Waals surface area contributed by atoms with E-state index < -0.39 is 5.60 Å². The Morgan fingerprint density at radius 3 is 2.21 bits per heavy atom. The van der Waals surface area contributed by atoms with Crippen LogP contribution in [-0.2, 0) is 9.53 Å². The molecule has 0 saturated carbocycles. The number of hydrogen-bond donors (Lipinski definition) is 1. The third-order valence-electron chi connectivity index (χ3n) is 2.71. The molecule has 1 N–H and O–H groups in total. The van der Waals surface area contributed by atoms with Crippen LogP contribution in [0.2, 0.25) is 0 Å². The average Bonchev–Trinajstić information content (AvgIpc) is 2.60. The summed E-state index contributed by atoms with van der Waals surface area (Å²) in [6.45, 7) is 12.4. The highest BCUT2D eigenvalue weighted by molar-refractivity contribution is 5.81. The van der Waals surface area contributed by atoms with E-state index in [1.165, 1.54) is 0 Å². The molecule has 1 heterocycles. The summed E-state index contributed by atoms with van der Waals surface area (Å²) in [6.07, 6.45) is 0.361. The SMILES string of the molecule is CC(C)(C)NC(=O)[C@H]1CCN(C(=O)OC(C)(C)C)C1. The molecular weight excluding hydrogens is 244 g/mol. The van der Waals surface area contributed by atoms with E-state index in [1.54, 1.807) is 4.90 Å². The van der Waals surface area contributed by atoms with Gasteiger partial charge in [-0.2, -0.15) is 0 Å². The van der Waals surface area contributed by atoms with Gasteiger partial charge in [-0.15, -0.1) is 0 Å². The first kappa shape index (κ1) is 15.8. The second-order valence-electron chi connectivity index (χ2n) is 7.15. The number of nitrogens with one attached hydrogen (secondary N) is 1. The van der Waals surface area contributed by atoms with Crippen molar-refractivity contribution in [3.8, 4) is 0 Å². The summed E-state index contributed by atoms with van der Waals surface area (Å²) in [5.74, 6) is -0.120. The molecule has 0 bridgehead atoms. The molecule has 0 radical (unpaired) electrons. The normalized spacial score (nSPS) is 20.3. The van der Waals surface area contributed by atoms with Crippen LogP contribution in [0.15, 0.2) is 0 Å². The van der Waals surface area contributed by atoms with Crippen LogP contribution in [-0.4, -0.2) is 41.1 Å². The molecule has 0 spiro atoms. The summed E-state index contributed by atoms with van der Waals surface area (Å²) < 4.78 is 5.31. The molecular formula is C14H26N2O3. The van der Waals surface area contributed by atoms with E-state index in [-0.39, 0.29) is 23.5 Å². The molecule has 1 rings (SSSR count). The van der Waals surface area contributed by atoms with Crippen molar-refractivity contribution >= 4 is 12.0 Å². The van der Waals surface area contributed by atoms with E-state index in [1.807, 2.05) is 41.5 Å². The number of carbonyl (C=O) groups is 2. The van der Waals surface area contributed by atoms with Crippen molar-refractivity contribution in [3.63, 3.8) is 0 Å². The molecule has 0 aromatic heterocycles. The van der Waals surface area contributed by atoms with Crippen molar-refractivity contribution in [2.24, 2.45) is 5.92 Å². The first-order chi connectivity index (χ1) is 8.48. The predicted octanol–water partition coefficient (Wildman–Crippen LogP) is 2.16. The van der Waals surface area contributed by atoms with E-state index in [0.29, 0.717) is 19.5 Å². The minimum Gasteiger partial charge on any atom is -0.444 e. The lowest BCUT2D eigenvalue weighted by atomic mass is 10.0. The molecule has 0 aromatic carbocycles. The van der Waals surface area contributed by atoms with Crippen molar-refractivity contribution in [2.75, 3.05) is 13.1 Å². The molecule has 0 aliphatic carbocycles. The second kappa shape index (κ2) is 5.39. The molecule has 1 atom stereocenters. The van der Waals surface area contributed by atoms with Crippen molar-refractivity contribution < 1.29 is 14.3 Å². The third-order valence-corrected chi connectivity index (χ3v) is 2.71. The third kappa shape index (κ3) is 5.49. The summed E-state index contributed by atoms with van der Waals surface area (Å²) in [5.41, 5.74) is -0.737. The smallest absolute Gasteiger partial charge is 0.410 e. The maximum Gasteiger partial charge on any atom is 0.410 e. The Bertz CT molecular complexity index is 319. The maximum atomic E-state index is 12.0. The zero-order chi connectivity index (χ0) is 14.8. The van der Waals surface area contributed by atoms with E-state index in [2.05, 4.69) is 5.32 Å². The molecule has 1 aliphatic rings. The number of rotatable bonds is 1. The molecule has 5 nitrogen and oxygen atoms in total. The van der Waals surface area contributed by atoms with Crippen LogP contribution in [0.25, 0.3) is 0 Å². The summed E-state index contributed by atoms with van der Waals surface area (Å²) in [6, 6.07) is 0. The lowest BCUT2D eigenvalue weighted by Gasteiger charge is -2.25. The van der Waals surface area contributed by atoms with Crippen LogP contribution >= 0.6 is 0 Å². The van der Waals surface area contributed by atoms with E-state index in [9.17, 15) is 9.59 Å². The number of likely N-dealkylation sites (tertiary alicyclic amines) is 1. The number of hydrogen-bond acceptors (Lipinski definition) is 3. The molecule has 0 aromatic rings. The molecule has 110 valence electrons. The van der Waals surface area contributed by atoms with Crippen molar-refractivity contribution in [1.82, 2.24) is 10.2 Å². The van der Waals surface area contributed by atoms with Crippen LogP contribution in [0.3, 0.4) is 0 Å². The van der Waals surface area contributed by atoms with E-state index in [0.717, 1.165) is 0 Å². The molecule has 1 saturated heterocycles. The molecule has 1 fully saturated rings. The summed E-state index contributed by atoms with van der Waals surface area (Å²) in [7, 11) is 0. The van der Waals surface area contributed by atoms with Crippen molar-refractivity contribution in [2.45, 2.75) is 59.1 Å². The predicted molar refractivity (Wildman–Crippen MR) is 73.8 cm³/mol. The number of nitrogens with zero attached hydrogens (tertiary/aromatic N) is 1. The van der Waals surface area contributed by atoms with Gasteiger partial charge in [0.15, 0.2) is 0 Å². The highest BCUT2D eigenvalue weighted by atomic mass is 16.6. The largest absolute Gasteiger partial charge is 0.444 e. The Morgan fingerprint density at radius 2 is 1.74 bits per heavy atom. The van der Waals surface area contributed by atoms with Gasteiger partial charge >= 0.3 is 6.09 Å². The first-order valence-electron chi connectivity index (χ1n) is 6.78. The molecule has 0 unspecified atom stereocenters. The van der Waals surface area contributed by atoms with Gasteiger partial charge in [-0.25, -0.2) is 4.79 Å². The van der Waals surface area contributed by atoms with Gasteiger partial charge in [0, 0.05) is 18.6 Å². The topological polar surface area (TPSA) is 58.6 Å². The monoisotopic (exact) mass is 270 g/mol.